The third-order valence-corrected chi connectivity index (χ3v) is 7.27. The van der Waals surface area contributed by atoms with Gasteiger partial charge in [-0.1, -0.05) is 30.3 Å². The molecule has 2 aromatic carbocycles. The maximum Gasteiger partial charge on any atom is 0.416 e. The van der Waals surface area contributed by atoms with Crippen LogP contribution >= 0.6 is 11.8 Å². The van der Waals surface area contributed by atoms with Crippen LogP contribution in [0.5, 0.6) is 5.75 Å². The minimum atomic E-state index is -4.52. The summed E-state index contributed by atoms with van der Waals surface area (Å²) in [5, 5.41) is 3.18. The van der Waals surface area contributed by atoms with Crippen LogP contribution in [0.2, 0.25) is 0 Å². The number of nitrogens with zero attached hydrogens (tertiary/aromatic N) is 1. The van der Waals surface area contributed by atoms with Gasteiger partial charge in [-0.25, -0.2) is 0 Å². The van der Waals surface area contributed by atoms with Gasteiger partial charge in [0.1, 0.15) is 5.75 Å². The quantitative estimate of drug-likeness (QED) is 0.547. The molecule has 172 valence electrons. The van der Waals surface area contributed by atoms with E-state index in [4.69, 9.17) is 4.74 Å². The molecule has 1 saturated carbocycles. The van der Waals surface area contributed by atoms with E-state index in [0.29, 0.717) is 0 Å². The van der Waals surface area contributed by atoms with Crippen LogP contribution in [0.25, 0.3) is 0 Å². The Morgan fingerprint density at radius 2 is 1.81 bits per heavy atom. The minimum Gasteiger partial charge on any atom is -0.496 e. The highest BCUT2D eigenvalue weighted by molar-refractivity contribution is 7.98. The van der Waals surface area contributed by atoms with Crippen molar-refractivity contribution in [1.82, 2.24) is 10.2 Å². The lowest BCUT2D eigenvalue weighted by Gasteiger charge is -2.36. The molecule has 4 rings (SSSR count). The van der Waals surface area contributed by atoms with Crippen molar-refractivity contribution in [3.8, 4) is 5.75 Å². The van der Waals surface area contributed by atoms with E-state index in [2.05, 4.69) is 10.2 Å². The average molecular weight is 465 g/mol. The number of amides is 1. The van der Waals surface area contributed by atoms with Crippen molar-refractivity contribution < 1.29 is 22.7 Å². The Hall–Kier alpha value is -2.19. The Morgan fingerprint density at radius 3 is 2.34 bits per heavy atom. The molecule has 1 saturated heterocycles. The van der Waals surface area contributed by atoms with Gasteiger partial charge in [-0.05, 0) is 62.7 Å². The van der Waals surface area contributed by atoms with Gasteiger partial charge < -0.3 is 10.1 Å². The van der Waals surface area contributed by atoms with E-state index in [1.54, 1.807) is 6.26 Å². The van der Waals surface area contributed by atoms with E-state index < -0.39 is 17.6 Å². The van der Waals surface area contributed by atoms with Crippen molar-refractivity contribution in [2.24, 2.45) is 0 Å². The zero-order valence-corrected chi connectivity index (χ0v) is 19.0. The van der Waals surface area contributed by atoms with Gasteiger partial charge in [-0.3, -0.25) is 9.69 Å². The van der Waals surface area contributed by atoms with Crippen molar-refractivity contribution in [3.05, 3.63) is 59.2 Å². The number of likely N-dealkylation sites (tertiary alicyclic amines) is 1. The summed E-state index contributed by atoms with van der Waals surface area (Å²) in [7, 11) is 1.29. The fourth-order valence-corrected chi connectivity index (χ4v) is 5.40. The number of carbonyl (C=O) groups is 1. The number of ether oxygens (including phenoxy) is 1. The Labute approximate surface area is 190 Å². The molecule has 8 heteroatoms. The summed E-state index contributed by atoms with van der Waals surface area (Å²) < 4.78 is 45.3. The number of halogens is 3. The minimum absolute atomic E-state index is 0.0699. The van der Waals surface area contributed by atoms with Crippen LogP contribution < -0.4 is 10.1 Å². The normalized spacial score (nSPS) is 18.9. The predicted octanol–water partition coefficient (Wildman–Crippen LogP) is 5.54. The van der Waals surface area contributed by atoms with Crippen molar-refractivity contribution in [1.29, 1.82) is 0 Å². The molecule has 2 fully saturated rings. The number of rotatable bonds is 7. The largest absolute Gasteiger partial charge is 0.496 e. The molecule has 2 aliphatic rings. The van der Waals surface area contributed by atoms with Gasteiger partial charge in [0.25, 0.3) is 5.91 Å². The second-order valence-electron chi connectivity index (χ2n) is 8.37. The molecule has 1 aliphatic heterocycles. The molecule has 0 radical (unpaired) electrons. The second-order valence-corrected chi connectivity index (χ2v) is 9.22. The zero-order valence-electron chi connectivity index (χ0n) is 18.2. The van der Waals surface area contributed by atoms with E-state index in [1.807, 2.05) is 30.3 Å². The number of methoxy groups -OCH3 is 1. The maximum absolute atomic E-state index is 13.5. The SMILES string of the molecule is COc1cc(C(F)(F)F)cc(SC)c1C(=O)NC(c1ccccc1)C1(N2CCCC2)CC1. The predicted molar refractivity (Wildman–Crippen MR) is 119 cm³/mol. The Balaban J connectivity index is 1.72. The number of carbonyl (C=O) groups excluding carboxylic acids is 1. The van der Waals surface area contributed by atoms with E-state index in [1.165, 1.54) is 7.11 Å². The van der Waals surface area contributed by atoms with Crippen LogP contribution in [0.1, 0.15) is 53.2 Å². The second kappa shape index (κ2) is 8.98. The molecule has 1 atom stereocenters. The first kappa shape index (κ1) is 23.0. The summed E-state index contributed by atoms with van der Waals surface area (Å²) in [6.45, 7) is 2.00. The maximum atomic E-state index is 13.5. The average Bonchev–Trinajstić information content (AvgIpc) is 3.40. The van der Waals surface area contributed by atoms with Crippen LogP contribution in [0.4, 0.5) is 13.2 Å². The fraction of sp³-hybridized carbons (Fsp3) is 0.458. The molecule has 1 N–H and O–H groups in total. The first-order chi connectivity index (χ1) is 15.3. The fourth-order valence-electron chi connectivity index (χ4n) is 4.75. The molecule has 2 aromatic rings. The van der Waals surface area contributed by atoms with Gasteiger partial charge in [0.15, 0.2) is 0 Å². The lowest BCUT2D eigenvalue weighted by molar-refractivity contribution is -0.137. The van der Waals surface area contributed by atoms with E-state index in [9.17, 15) is 18.0 Å². The highest BCUT2D eigenvalue weighted by Gasteiger charge is 2.55. The first-order valence-electron chi connectivity index (χ1n) is 10.7. The summed E-state index contributed by atoms with van der Waals surface area (Å²) >= 11 is 1.10. The van der Waals surface area contributed by atoms with Gasteiger partial charge in [-0.15, -0.1) is 11.8 Å². The molecule has 0 spiro atoms. The molecule has 32 heavy (non-hydrogen) atoms. The number of thioether (sulfide) groups is 1. The monoisotopic (exact) mass is 464 g/mol. The summed E-state index contributed by atoms with van der Waals surface area (Å²) in [6, 6.07) is 11.5. The van der Waals surface area contributed by atoms with Crippen molar-refractivity contribution >= 4 is 17.7 Å². The van der Waals surface area contributed by atoms with Gasteiger partial charge in [0, 0.05) is 10.4 Å². The van der Waals surface area contributed by atoms with Gasteiger partial charge >= 0.3 is 6.18 Å². The highest BCUT2D eigenvalue weighted by Crippen LogP contribution is 2.52. The van der Waals surface area contributed by atoms with Crippen molar-refractivity contribution in [2.45, 2.75) is 48.3 Å². The van der Waals surface area contributed by atoms with Crippen LogP contribution in [0.3, 0.4) is 0 Å². The van der Waals surface area contributed by atoms with Crippen LogP contribution in [0, 0.1) is 0 Å². The first-order valence-corrected chi connectivity index (χ1v) is 12.0. The highest BCUT2D eigenvalue weighted by atomic mass is 32.2. The van der Waals surface area contributed by atoms with Crippen LogP contribution in [0.15, 0.2) is 47.4 Å². The molecular weight excluding hydrogens is 437 g/mol. The van der Waals surface area contributed by atoms with Gasteiger partial charge in [0.05, 0.1) is 24.3 Å². The summed E-state index contributed by atoms with van der Waals surface area (Å²) in [6.07, 6.45) is 1.38. The molecule has 1 amide bonds. The van der Waals surface area contributed by atoms with Crippen LogP contribution in [-0.2, 0) is 6.18 Å². The van der Waals surface area contributed by atoms with E-state index >= 15 is 0 Å². The summed E-state index contributed by atoms with van der Waals surface area (Å²) in [4.78, 5) is 16.2. The van der Waals surface area contributed by atoms with Crippen LogP contribution in [-0.4, -0.2) is 42.8 Å². The Kier molecular flexibility index (Phi) is 6.45. The number of nitrogens with one attached hydrogen (secondary N) is 1. The molecular formula is C24H27F3N2O2S. The lowest BCUT2D eigenvalue weighted by atomic mass is 9.95. The van der Waals surface area contributed by atoms with Crippen molar-refractivity contribution in [3.63, 3.8) is 0 Å². The Bertz CT molecular complexity index is 946. The number of hydrogen-bond donors (Lipinski definition) is 1. The van der Waals surface area contributed by atoms with Gasteiger partial charge in [-0.2, -0.15) is 13.2 Å². The molecule has 0 aromatic heterocycles. The lowest BCUT2D eigenvalue weighted by Crippen LogP contribution is -2.47. The summed E-state index contributed by atoms with van der Waals surface area (Å²) in [5.41, 5.74) is 0.171. The van der Waals surface area contributed by atoms with E-state index in [-0.39, 0.29) is 27.8 Å². The third-order valence-electron chi connectivity index (χ3n) is 6.50. The van der Waals surface area contributed by atoms with Crippen molar-refractivity contribution in [2.75, 3.05) is 26.5 Å². The molecule has 0 bridgehead atoms. The molecule has 1 aliphatic carbocycles. The smallest absolute Gasteiger partial charge is 0.416 e. The third kappa shape index (κ3) is 4.35. The molecule has 4 nitrogen and oxygen atoms in total. The number of benzene rings is 2. The number of hydrogen-bond acceptors (Lipinski definition) is 4. The van der Waals surface area contributed by atoms with E-state index in [0.717, 1.165) is 68.2 Å². The van der Waals surface area contributed by atoms with Gasteiger partial charge in [0.2, 0.25) is 0 Å². The Morgan fingerprint density at radius 1 is 1.16 bits per heavy atom. The summed E-state index contributed by atoms with van der Waals surface area (Å²) in [5.74, 6) is -0.487. The number of alkyl halides is 3. The zero-order chi connectivity index (χ0) is 22.9. The molecule has 1 unspecified atom stereocenters. The topological polar surface area (TPSA) is 41.6 Å². The molecule has 1 heterocycles. The standard InChI is InChI=1S/C24H27F3N2O2S/c1-31-18-14-17(24(25,26)27)15-19(32-2)20(18)22(30)28-21(16-8-4-3-5-9-16)23(10-11-23)29-12-6-7-13-29/h3-5,8-9,14-15,21H,6-7,10-13H2,1-2H3,(H,28,30).